The summed E-state index contributed by atoms with van der Waals surface area (Å²) in [5.41, 5.74) is 0.188. The van der Waals surface area contributed by atoms with Gasteiger partial charge in [-0.15, -0.1) is 0 Å². The van der Waals surface area contributed by atoms with Gasteiger partial charge in [0.05, 0.1) is 4.90 Å². The van der Waals surface area contributed by atoms with Crippen LogP contribution in [-0.4, -0.2) is 14.2 Å². The predicted octanol–water partition coefficient (Wildman–Crippen LogP) is 1.63. The summed E-state index contributed by atoms with van der Waals surface area (Å²) in [6.45, 7) is 3.80. The highest BCUT2D eigenvalue weighted by Gasteiger charge is 2.14. The number of nitrogens with two attached hydrogens (primary N) is 1. The van der Waals surface area contributed by atoms with E-state index < -0.39 is 15.8 Å². The molecular formula is C12H16FNO3S. The summed E-state index contributed by atoms with van der Waals surface area (Å²) in [4.78, 5) is 11.3. The molecule has 18 heavy (non-hydrogen) atoms. The first-order valence-electron chi connectivity index (χ1n) is 5.53. The third-order valence-corrected chi connectivity index (χ3v) is 3.29. The standard InChI is InChI=1S/C12H16FNO3S/c1-8(2)5-10(15)6-9-3-4-11(7-12(9)13)18(14,16)17/h3-4,7-8H,5-6H2,1-2H3,(H2,14,16,17). The van der Waals surface area contributed by atoms with E-state index in [9.17, 15) is 17.6 Å². The van der Waals surface area contributed by atoms with E-state index in [0.717, 1.165) is 6.07 Å². The predicted molar refractivity (Wildman–Crippen MR) is 65.9 cm³/mol. The van der Waals surface area contributed by atoms with E-state index in [0.29, 0.717) is 6.42 Å². The lowest BCUT2D eigenvalue weighted by molar-refractivity contribution is -0.119. The van der Waals surface area contributed by atoms with E-state index in [-0.39, 0.29) is 28.6 Å². The van der Waals surface area contributed by atoms with Gasteiger partial charge in [0.15, 0.2) is 0 Å². The number of primary sulfonamides is 1. The average molecular weight is 273 g/mol. The fourth-order valence-corrected chi connectivity index (χ4v) is 2.11. The zero-order chi connectivity index (χ0) is 13.9. The molecule has 0 unspecified atom stereocenters. The Labute approximate surface area is 106 Å². The van der Waals surface area contributed by atoms with Gasteiger partial charge in [-0.2, -0.15) is 0 Å². The molecule has 100 valence electrons. The van der Waals surface area contributed by atoms with Gasteiger partial charge >= 0.3 is 0 Å². The quantitative estimate of drug-likeness (QED) is 0.885. The summed E-state index contributed by atoms with van der Waals surface area (Å²) in [5.74, 6) is -0.588. The fourth-order valence-electron chi connectivity index (χ4n) is 1.59. The summed E-state index contributed by atoms with van der Waals surface area (Å²) < 4.78 is 35.6. The number of hydrogen-bond acceptors (Lipinski definition) is 3. The van der Waals surface area contributed by atoms with Crippen LogP contribution in [0.1, 0.15) is 25.8 Å². The molecule has 0 radical (unpaired) electrons. The highest BCUT2D eigenvalue weighted by Crippen LogP contribution is 2.15. The van der Waals surface area contributed by atoms with Crippen LogP contribution in [0.5, 0.6) is 0 Å². The molecule has 0 saturated carbocycles. The van der Waals surface area contributed by atoms with Crippen LogP contribution in [-0.2, 0) is 21.2 Å². The lowest BCUT2D eigenvalue weighted by Crippen LogP contribution is -2.13. The molecule has 0 spiro atoms. The first kappa shape index (κ1) is 14.8. The van der Waals surface area contributed by atoms with Crippen molar-refractivity contribution in [3.8, 4) is 0 Å². The van der Waals surface area contributed by atoms with E-state index in [1.54, 1.807) is 0 Å². The van der Waals surface area contributed by atoms with E-state index in [2.05, 4.69) is 0 Å². The lowest BCUT2D eigenvalue weighted by Gasteiger charge is -2.06. The summed E-state index contributed by atoms with van der Waals surface area (Å²) >= 11 is 0. The maximum Gasteiger partial charge on any atom is 0.238 e. The summed E-state index contributed by atoms with van der Waals surface area (Å²) in [7, 11) is -3.91. The zero-order valence-corrected chi connectivity index (χ0v) is 11.1. The molecule has 0 aliphatic carbocycles. The van der Waals surface area contributed by atoms with Crippen molar-refractivity contribution in [1.82, 2.24) is 0 Å². The highest BCUT2D eigenvalue weighted by molar-refractivity contribution is 7.89. The number of sulfonamides is 1. The van der Waals surface area contributed by atoms with Gasteiger partial charge in [0.25, 0.3) is 0 Å². The van der Waals surface area contributed by atoms with Gasteiger partial charge in [-0.05, 0) is 23.6 Å². The monoisotopic (exact) mass is 273 g/mol. The second kappa shape index (κ2) is 5.58. The maximum absolute atomic E-state index is 13.6. The molecule has 0 saturated heterocycles. The molecule has 0 aromatic heterocycles. The third-order valence-electron chi connectivity index (χ3n) is 2.38. The van der Waals surface area contributed by atoms with E-state index >= 15 is 0 Å². The molecule has 0 atom stereocenters. The zero-order valence-electron chi connectivity index (χ0n) is 10.3. The average Bonchev–Trinajstić information content (AvgIpc) is 2.18. The molecule has 1 aromatic rings. The van der Waals surface area contributed by atoms with Gasteiger partial charge in [-0.3, -0.25) is 4.79 Å². The smallest absolute Gasteiger partial charge is 0.238 e. The fraction of sp³-hybridized carbons (Fsp3) is 0.417. The molecule has 4 nitrogen and oxygen atoms in total. The normalized spacial score (nSPS) is 11.8. The van der Waals surface area contributed by atoms with Crippen molar-refractivity contribution in [3.05, 3.63) is 29.6 Å². The number of carbonyl (C=O) groups is 1. The highest BCUT2D eigenvalue weighted by atomic mass is 32.2. The molecule has 0 bridgehead atoms. The minimum absolute atomic E-state index is 0.0328. The van der Waals surface area contributed by atoms with Crippen molar-refractivity contribution in [2.75, 3.05) is 0 Å². The van der Waals surface area contributed by atoms with Crippen molar-refractivity contribution >= 4 is 15.8 Å². The second-order valence-corrected chi connectivity index (χ2v) is 6.17. The Morgan fingerprint density at radius 3 is 2.44 bits per heavy atom. The van der Waals surface area contributed by atoms with E-state index in [1.807, 2.05) is 13.8 Å². The number of hydrogen-bond donors (Lipinski definition) is 1. The third kappa shape index (κ3) is 4.19. The van der Waals surface area contributed by atoms with Crippen LogP contribution < -0.4 is 5.14 Å². The minimum Gasteiger partial charge on any atom is -0.299 e. The van der Waals surface area contributed by atoms with Crippen LogP contribution in [0.25, 0.3) is 0 Å². The molecule has 1 aromatic carbocycles. The van der Waals surface area contributed by atoms with Crippen LogP contribution in [0.3, 0.4) is 0 Å². The van der Waals surface area contributed by atoms with Crippen molar-refractivity contribution in [2.24, 2.45) is 11.1 Å². The number of Topliss-reactive ketones (excluding diaryl/α,β-unsaturated/α-hetero) is 1. The SMILES string of the molecule is CC(C)CC(=O)Cc1ccc(S(N)(=O)=O)cc1F. The van der Waals surface area contributed by atoms with Crippen LogP contribution in [0.15, 0.2) is 23.1 Å². The van der Waals surface area contributed by atoms with Crippen molar-refractivity contribution in [1.29, 1.82) is 0 Å². The molecule has 6 heteroatoms. The molecule has 2 N–H and O–H groups in total. The van der Waals surface area contributed by atoms with Crippen LogP contribution >= 0.6 is 0 Å². The minimum atomic E-state index is -3.91. The molecule has 0 fully saturated rings. The molecule has 0 aliphatic heterocycles. The van der Waals surface area contributed by atoms with Crippen LogP contribution in [0.2, 0.25) is 0 Å². The topological polar surface area (TPSA) is 77.2 Å². The number of carbonyl (C=O) groups excluding carboxylic acids is 1. The molecule has 0 aliphatic rings. The summed E-state index contributed by atoms with van der Waals surface area (Å²) in [6.07, 6.45) is 0.339. The largest absolute Gasteiger partial charge is 0.299 e. The summed E-state index contributed by atoms with van der Waals surface area (Å²) in [6, 6.07) is 3.33. The number of ketones is 1. The lowest BCUT2D eigenvalue weighted by atomic mass is 10.0. The van der Waals surface area contributed by atoms with Gasteiger partial charge < -0.3 is 0 Å². The first-order chi connectivity index (χ1) is 8.20. The van der Waals surface area contributed by atoms with Crippen LogP contribution in [0, 0.1) is 11.7 Å². The Hall–Kier alpha value is -1.27. The van der Waals surface area contributed by atoms with Crippen molar-refractivity contribution in [2.45, 2.75) is 31.6 Å². The number of rotatable bonds is 5. The summed E-state index contributed by atoms with van der Waals surface area (Å²) in [5, 5.41) is 4.88. The van der Waals surface area contributed by atoms with Gasteiger partial charge in [0.1, 0.15) is 11.6 Å². The van der Waals surface area contributed by atoms with Crippen LogP contribution in [0.4, 0.5) is 4.39 Å². The second-order valence-electron chi connectivity index (χ2n) is 4.61. The Bertz CT molecular complexity index is 552. The molecule has 1 rings (SSSR count). The Balaban J connectivity index is 2.90. The van der Waals surface area contributed by atoms with E-state index in [1.165, 1.54) is 12.1 Å². The molecule has 0 amide bonds. The number of halogens is 1. The Kier molecular flexibility index (Phi) is 4.59. The van der Waals surface area contributed by atoms with Gasteiger partial charge in [0.2, 0.25) is 10.0 Å². The van der Waals surface area contributed by atoms with Crippen molar-refractivity contribution in [3.63, 3.8) is 0 Å². The Morgan fingerprint density at radius 2 is 2.00 bits per heavy atom. The Morgan fingerprint density at radius 1 is 1.39 bits per heavy atom. The van der Waals surface area contributed by atoms with Gasteiger partial charge in [-0.1, -0.05) is 19.9 Å². The molecule has 0 heterocycles. The van der Waals surface area contributed by atoms with Crippen molar-refractivity contribution < 1.29 is 17.6 Å². The molecular weight excluding hydrogens is 257 g/mol. The van der Waals surface area contributed by atoms with Gasteiger partial charge in [-0.25, -0.2) is 17.9 Å². The van der Waals surface area contributed by atoms with Gasteiger partial charge in [0, 0.05) is 12.8 Å². The maximum atomic E-state index is 13.6. The number of benzene rings is 1. The first-order valence-corrected chi connectivity index (χ1v) is 7.07. The van der Waals surface area contributed by atoms with E-state index in [4.69, 9.17) is 5.14 Å².